The van der Waals surface area contributed by atoms with E-state index in [2.05, 4.69) is 16.8 Å². The number of carbonyl (C=O) groups is 2. The van der Waals surface area contributed by atoms with Crippen LogP contribution in [0.4, 0.5) is 5.69 Å². The second-order valence-corrected chi connectivity index (χ2v) is 9.48. The molecule has 0 unspecified atom stereocenters. The molecule has 1 aliphatic heterocycles. The summed E-state index contributed by atoms with van der Waals surface area (Å²) in [5.41, 5.74) is 3.44. The van der Waals surface area contributed by atoms with Crippen LogP contribution in [0.2, 0.25) is 0 Å². The third-order valence-electron chi connectivity index (χ3n) is 6.33. The molecule has 3 atom stereocenters. The molecule has 1 fully saturated rings. The number of nitrogens with one attached hydrogen (secondary N) is 1. The Morgan fingerprint density at radius 1 is 1.03 bits per heavy atom. The maximum absolute atomic E-state index is 12.2. The van der Waals surface area contributed by atoms with Crippen molar-refractivity contribution in [2.75, 3.05) is 25.5 Å². The molecule has 1 amide bonds. The average Bonchev–Trinajstić information content (AvgIpc) is 2.88. The lowest BCUT2D eigenvalue weighted by atomic mass is 9.99. The minimum atomic E-state index is -0.809. The van der Waals surface area contributed by atoms with Crippen molar-refractivity contribution in [2.45, 2.75) is 63.6 Å². The van der Waals surface area contributed by atoms with Crippen molar-refractivity contribution in [3.63, 3.8) is 0 Å². The van der Waals surface area contributed by atoms with Crippen LogP contribution in [0.1, 0.15) is 67.6 Å². The van der Waals surface area contributed by atoms with Gasteiger partial charge in [-0.2, -0.15) is 0 Å². The number of hydrogen-bond acceptors (Lipinski definition) is 6. The number of rotatable bonds is 14. The maximum Gasteiger partial charge on any atom is 0.303 e. The van der Waals surface area contributed by atoms with Gasteiger partial charge in [-0.3, -0.25) is 9.59 Å². The molecule has 200 valence electrons. The molecule has 3 N–H and O–H groups in total. The number of benzene rings is 2. The minimum absolute atomic E-state index is 0.000122. The monoisotopic (exact) mass is 510 g/mol. The molecule has 8 heteroatoms. The van der Waals surface area contributed by atoms with Gasteiger partial charge in [-0.25, -0.2) is 0 Å². The number of likely N-dealkylation sites (N-methyl/N-ethyl adjacent to an activating group) is 1. The molecular weight excluding hydrogens is 472 g/mol. The van der Waals surface area contributed by atoms with E-state index >= 15 is 0 Å². The highest BCUT2D eigenvalue weighted by Crippen LogP contribution is 2.38. The number of unbranched alkanes of at least 4 members (excludes halogenated alkanes) is 2. The zero-order valence-corrected chi connectivity index (χ0v) is 21.5. The Balaban J connectivity index is 1.62. The molecule has 1 aliphatic rings. The van der Waals surface area contributed by atoms with E-state index in [0.29, 0.717) is 37.8 Å². The van der Waals surface area contributed by atoms with Crippen LogP contribution in [-0.4, -0.2) is 53.2 Å². The number of aliphatic hydroxyl groups excluding tert-OH is 1. The number of nitrogens with zero attached hydrogens (tertiary/aromatic N) is 1. The van der Waals surface area contributed by atoms with E-state index in [1.54, 1.807) is 0 Å². The van der Waals surface area contributed by atoms with Gasteiger partial charge >= 0.3 is 5.97 Å². The molecule has 0 bridgehead atoms. The van der Waals surface area contributed by atoms with Crippen LogP contribution in [0.5, 0.6) is 0 Å². The van der Waals surface area contributed by atoms with Crippen LogP contribution in [0, 0.1) is 0 Å². The van der Waals surface area contributed by atoms with Crippen molar-refractivity contribution in [2.24, 2.45) is 0 Å². The van der Waals surface area contributed by atoms with Crippen LogP contribution in [0.15, 0.2) is 61.2 Å². The second kappa shape index (κ2) is 14.6. The van der Waals surface area contributed by atoms with Gasteiger partial charge in [0.05, 0.1) is 18.8 Å². The summed E-state index contributed by atoms with van der Waals surface area (Å²) in [4.78, 5) is 25.0. The predicted molar refractivity (Wildman–Crippen MR) is 142 cm³/mol. The van der Waals surface area contributed by atoms with Gasteiger partial charge in [0.25, 0.3) is 0 Å². The van der Waals surface area contributed by atoms with E-state index in [1.807, 2.05) is 61.7 Å². The largest absolute Gasteiger partial charge is 0.481 e. The first kappa shape index (κ1) is 28.5. The number of carboxylic acids is 1. The van der Waals surface area contributed by atoms with Crippen LogP contribution in [-0.2, 0) is 25.7 Å². The smallest absolute Gasteiger partial charge is 0.303 e. The topological polar surface area (TPSA) is 108 Å². The third kappa shape index (κ3) is 9.40. The summed E-state index contributed by atoms with van der Waals surface area (Å²) < 4.78 is 12.7. The maximum atomic E-state index is 12.2. The van der Waals surface area contributed by atoms with Crippen molar-refractivity contribution >= 4 is 17.6 Å². The van der Waals surface area contributed by atoms with Crippen LogP contribution >= 0.6 is 0 Å². The fraction of sp³-hybridized carbons (Fsp3) is 0.448. The zero-order valence-electron chi connectivity index (χ0n) is 21.5. The van der Waals surface area contributed by atoms with Crippen LogP contribution in [0.25, 0.3) is 0 Å². The second-order valence-electron chi connectivity index (χ2n) is 9.48. The first-order valence-corrected chi connectivity index (χ1v) is 12.8. The molecule has 0 radical (unpaired) electrons. The molecular formula is C29H38N2O6. The normalized spacial score (nSPS) is 19.5. The highest BCUT2D eigenvalue weighted by Gasteiger charge is 2.32. The van der Waals surface area contributed by atoms with Gasteiger partial charge < -0.3 is 29.9 Å². The molecule has 0 aliphatic carbocycles. The standard InChI is InChI=1S/C29H38N2O6/c1-3-17-31(2)19-25-18-26(22-11-9-21(20-32)10-12-22)37-29(36-25)23-13-15-24(16-14-23)30-27(33)7-5-4-6-8-28(34)35/h3,9-16,25-26,29,32H,1,4-8,17-20H2,2H3,(H,30,33)(H,34,35)/t25-,26+,29+/m0/s1. The fourth-order valence-electron chi connectivity index (χ4n) is 4.36. The van der Waals surface area contributed by atoms with Gasteiger partial charge in [-0.1, -0.05) is 48.9 Å². The van der Waals surface area contributed by atoms with Crippen molar-refractivity contribution in [1.29, 1.82) is 0 Å². The molecule has 0 aromatic heterocycles. The number of hydrogen-bond donors (Lipinski definition) is 3. The first-order chi connectivity index (χ1) is 17.9. The van der Waals surface area contributed by atoms with Crippen LogP contribution in [0.3, 0.4) is 0 Å². The molecule has 1 heterocycles. The molecule has 8 nitrogen and oxygen atoms in total. The van der Waals surface area contributed by atoms with Crippen molar-refractivity contribution < 1.29 is 29.3 Å². The van der Waals surface area contributed by atoms with Gasteiger partial charge in [-0.15, -0.1) is 6.58 Å². The average molecular weight is 511 g/mol. The SMILES string of the molecule is C=CCN(C)C[C@@H]1C[C@H](c2ccc(CO)cc2)O[C@H](c2ccc(NC(=O)CCCCCC(=O)O)cc2)O1. The lowest BCUT2D eigenvalue weighted by Crippen LogP contribution is -2.37. The van der Waals surface area contributed by atoms with Gasteiger partial charge in [0.15, 0.2) is 6.29 Å². The van der Waals surface area contributed by atoms with Gasteiger partial charge in [-0.05, 0) is 43.1 Å². The number of aliphatic carboxylic acids is 1. The molecule has 37 heavy (non-hydrogen) atoms. The van der Waals surface area contributed by atoms with Gasteiger partial charge in [0.1, 0.15) is 0 Å². The molecule has 1 saturated heterocycles. The fourth-order valence-corrected chi connectivity index (χ4v) is 4.36. The molecule has 2 aromatic carbocycles. The van der Waals surface area contributed by atoms with Gasteiger partial charge in [0.2, 0.25) is 5.91 Å². The lowest BCUT2D eigenvalue weighted by molar-refractivity contribution is -0.252. The van der Waals surface area contributed by atoms with Crippen molar-refractivity contribution in [3.8, 4) is 0 Å². The number of carbonyl (C=O) groups excluding carboxylic acids is 1. The van der Waals surface area contributed by atoms with Crippen molar-refractivity contribution in [3.05, 3.63) is 77.9 Å². The Bertz CT molecular complexity index is 1010. The number of anilines is 1. The predicted octanol–water partition coefficient (Wildman–Crippen LogP) is 4.82. The van der Waals surface area contributed by atoms with Crippen LogP contribution < -0.4 is 5.32 Å². The van der Waals surface area contributed by atoms with E-state index in [4.69, 9.17) is 14.6 Å². The summed E-state index contributed by atoms with van der Waals surface area (Å²) in [6.07, 6.45) is 4.24. The summed E-state index contributed by atoms with van der Waals surface area (Å²) in [5.74, 6) is -0.901. The van der Waals surface area contributed by atoms with E-state index < -0.39 is 12.3 Å². The van der Waals surface area contributed by atoms with Crippen molar-refractivity contribution in [1.82, 2.24) is 4.90 Å². The molecule has 3 rings (SSSR count). The Morgan fingerprint density at radius 2 is 1.70 bits per heavy atom. The van der Waals surface area contributed by atoms with Gasteiger partial charge in [0, 0.05) is 43.6 Å². The summed E-state index contributed by atoms with van der Waals surface area (Å²) in [6.45, 7) is 5.31. The highest BCUT2D eigenvalue weighted by atomic mass is 16.7. The quantitative estimate of drug-likeness (QED) is 0.247. The number of ether oxygens (including phenoxy) is 2. The first-order valence-electron chi connectivity index (χ1n) is 12.8. The summed E-state index contributed by atoms with van der Waals surface area (Å²) in [5, 5.41) is 21.0. The lowest BCUT2D eigenvalue weighted by Gasteiger charge is -2.37. The molecule has 0 saturated carbocycles. The minimum Gasteiger partial charge on any atom is -0.481 e. The zero-order chi connectivity index (χ0) is 26.6. The highest BCUT2D eigenvalue weighted by molar-refractivity contribution is 5.90. The van der Waals surface area contributed by atoms with E-state index in [1.165, 1.54) is 0 Å². The molecule has 2 aromatic rings. The summed E-state index contributed by atoms with van der Waals surface area (Å²) in [6, 6.07) is 15.3. The number of amides is 1. The Kier molecular flexibility index (Phi) is 11.3. The summed E-state index contributed by atoms with van der Waals surface area (Å²) >= 11 is 0. The Labute approximate surface area is 218 Å². The number of carboxylic acid groups (broad SMARTS) is 1. The number of aliphatic hydroxyl groups is 1. The van der Waals surface area contributed by atoms with E-state index in [-0.39, 0.29) is 31.1 Å². The summed E-state index contributed by atoms with van der Waals surface area (Å²) in [7, 11) is 2.03. The third-order valence-corrected chi connectivity index (χ3v) is 6.33. The Morgan fingerprint density at radius 3 is 2.35 bits per heavy atom. The van der Waals surface area contributed by atoms with E-state index in [0.717, 1.165) is 29.8 Å². The van der Waals surface area contributed by atoms with E-state index in [9.17, 15) is 14.7 Å². The Hall–Kier alpha value is -3.04. The molecule has 0 spiro atoms.